The van der Waals surface area contributed by atoms with Gasteiger partial charge in [0.15, 0.2) is 5.78 Å². The highest BCUT2D eigenvalue weighted by Gasteiger charge is 2.46. The highest BCUT2D eigenvalue weighted by molar-refractivity contribution is 6.00. The first-order chi connectivity index (χ1) is 9.51. The molecular weight excluding hydrogens is 252 g/mol. The second-order valence-electron chi connectivity index (χ2n) is 5.89. The van der Waals surface area contributed by atoms with Crippen LogP contribution in [0, 0.1) is 18.8 Å². The third-order valence-electron chi connectivity index (χ3n) is 4.34. The largest absolute Gasteiger partial charge is 0.501 e. The van der Waals surface area contributed by atoms with Crippen molar-refractivity contribution in [3.63, 3.8) is 0 Å². The van der Waals surface area contributed by atoms with Crippen molar-refractivity contribution in [1.29, 1.82) is 0 Å². The van der Waals surface area contributed by atoms with Crippen LogP contribution in [0.2, 0.25) is 0 Å². The molecule has 106 valence electrons. The summed E-state index contributed by atoms with van der Waals surface area (Å²) in [6.07, 6.45) is 1.98. The van der Waals surface area contributed by atoms with Gasteiger partial charge < -0.3 is 9.47 Å². The first kappa shape index (κ1) is 13.2. The molecule has 0 spiro atoms. The lowest BCUT2D eigenvalue weighted by Gasteiger charge is -2.08. The van der Waals surface area contributed by atoms with E-state index in [0.29, 0.717) is 5.76 Å². The van der Waals surface area contributed by atoms with Gasteiger partial charge in [-0.3, -0.25) is 4.79 Å². The summed E-state index contributed by atoms with van der Waals surface area (Å²) >= 11 is 0. The number of ether oxygens (including phenoxy) is 2. The molecule has 1 aliphatic carbocycles. The van der Waals surface area contributed by atoms with Gasteiger partial charge in [-0.05, 0) is 38.0 Å². The Bertz CT molecular complexity index is 588. The van der Waals surface area contributed by atoms with Gasteiger partial charge in [-0.1, -0.05) is 6.58 Å². The minimum atomic E-state index is 0.0266. The number of allylic oxidation sites excluding steroid dienone is 1. The lowest BCUT2D eigenvalue weighted by atomic mass is 9.97. The molecule has 0 radical (unpaired) electrons. The first-order valence-corrected chi connectivity index (χ1v) is 7.08. The zero-order chi connectivity index (χ0) is 14.4. The molecule has 0 N–H and O–H groups in total. The van der Waals surface area contributed by atoms with Crippen molar-refractivity contribution in [3.05, 3.63) is 41.2 Å². The number of methoxy groups -OCH3 is 1. The number of carbonyl (C=O) groups excluding carboxylic acids is 1. The smallest absolute Gasteiger partial charge is 0.166 e. The van der Waals surface area contributed by atoms with Crippen LogP contribution in [-0.2, 0) is 11.2 Å². The van der Waals surface area contributed by atoms with E-state index in [2.05, 4.69) is 20.4 Å². The van der Waals surface area contributed by atoms with Crippen LogP contribution in [0.3, 0.4) is 0 Å². The van der Waals surface area contributed by atoms with Crippen molar-refractivity contribution in [1.82, 2.24) is 0 Å². The predicted molar refractivity (Wildman–Crippen MR) is 77.0 cm³/mol. The van der Waals surface area contributed by atoms with Gasteiger partial charge in [0.2, 0.25) is 0 Å². The third-order valence-corrected chi connectivity index (χ3v) is 4.34. The Hall–Kier alpha value is -1.77. The molecule has 0 amide bonds. The summed E-state index contributed by atoms with van der Waals surface area (Å²) in [6.45, 7) is 7.95. The third kappa shape index (κ3) is 2.11. The topological polar surface area (TPSA) is 35.5 Å². The fourth-order valence-corrected chi connectivity index (χ4v) is 3.05. The van der Waals surface area contributed by atoms with Gasteiger partial charge in [0.25, 0.3) is 0 Å². The molecule has 3 heteroatoms. The molecular formula is C17H20O3. The van der Waals surface area contributed by atoms with Crippen LogP contribution in [-0.4, -0.2) is 19.0 Å². The summed E-state index contributed by atoms with van der Waals surface area (Å²) in [7, 11) is 1.61. The number of ketones is 1. The Kier molecular flexibility index (Phi) is 3.08. The average Bonchev–Trinajstić information content (AvgIpc) is 3.12. The number of fused-ring (bicyclic) bond motifs is 1. The molecule has 1 aromatic rings. The highest BCUT2D eigenvalue weighted by Crippen LogP contribution is 2.46. The van der Waals surface area contributed by atoms with Gasteiger partial charge in [-0.25, -0.2) is 0 Å². The molecule has 3 nitrogen and oxygen atoms in total. The Morgan fingerprint density at radius 2 is 2.15 bits per heavy atom. The quantitative estimate of drug-likeness (QED) is 0.623. The minimum absolute atomic E-state index is 0.0266. The maximum Gasteiger partial charge on any atom is 0.166 e. The Morgan fingerprint density at radius 3 is 2.85 bits per heavy atom. The molecule has 20 heavy (non-hydrogen) atoms. The molecule has 0 aromatic heterocycles. The van der Waals surface area contributed by atoms with Crippen molar-refractivity contribution < 1.29 is 14.3 Å². The summed E-state index contributed by atoms with van der Waals surface area (Å²) in [5.41, 5.74) is 3.15. The normalized spacial score (nSPS) is 26.6. The number of benzene rings is 1. The standard InChI is InChI=1S/C17H20O3/c1-9-5-12(7-16-13(9)6-10(2)20-16)17(18)15-8-14(15)11(3)19-4/h5,7,10,14-15H,3,6,8H2,1-2,4H3/t10?,14-,15+/m1/s1. The summed E-state index contributed by atoms with van der Waals surface area (Å²) in [6, 6.07) is 3.90. The van der Waals surface area contributed by atoms with Crippen LogP contribution < -0.4 is 4.74 Å². The zero-order valence-corrected chi connectivity index (χ0v) is 12.2. The molecule has 1 aliphatic heterocycles. The van der Waals surface area contributed by atoms with Crippen molar-refractivity contribution in [2.75, 3.05) is 7.11 Å². The lowest BCUT2D eigenvalue weighted by molar-refractivity contribution is 0.0957. The minimum Gasteiger partial charge on any atom is -0.501 e. The highest BCUT2D eigenvalue weighted by atomic mass is 16.5. The second kappa shape index (κ2) is 4.65. The average molecular weight is 272 g/mol. The van der Waals surface area contributed by atoms with E-state index in [0.717, 1.165) is 29.7 Å². The molecule has 0 bridgehead atoms. The molecule has 1 heterocycles. The van der Waals surface area contributed by atoms with Crippen LogP contribution in [0.4, 0.5) is 0 Å². The van der Waals surface area contributed by atoms with Crippen molar-refractivity contribution >= 4 is 5.78 Å². The van der Waals surface area contributed by atoms with E-state index in [-0.39, 0.29) is 23.7 Å². The van der Waals surface area contributed by atoms with Crippen LogP contribution in [0.25, 0.3) is 0 Å². The van der Waals surface area contributed by atoms with Crippen molar-refractivity contribution in [2.45, 2.75) is 32.8 Å². The van der Waals surface area contributed by atoms with Gasteiger partial charge in [-0.15, -0.1) is 0 Å². The fourth-order valence-electron chi connectivity index (χ4n) is 3.05. The van der Waals surface area contributed by atoms with Crippen molar-refractivity contribution in [2.24, 2.45) is 11.8 Å². The Balaban J connectivity index is 1.83. The number of aryl methyl sites for hydroxylation is 1. The maximum absolute atomic E-state index is 12.5. The van der Waals surface area contributed by atoms with Gasteiger partial charge in [0, 0.05) is 29.4 Å². The van der Waals surface area contributed by atoms with E-state index in [4.69, 9.17) is 9.47 Å². The van der Waals surface area contributed by atoms with Crippen LogP contribution in [0.5, 0.6) is 5.75 Å². The van der Waals surface area contributed by atoms with Gasteiger partial charge in [0.1, 0.15) is 11.9 Å². The zero-order valence-electron chi connectivity index (χ0n) is 12.2. The first-order valence-electron chi connectivity index (χ1n) is 7.08. The summed E-state index contributed by atoms with van der Waals surface area (Å²) in [5, 5.41) is 0. The molecule has 1 unspecified atom stereocenters. The van der Waals surface area contributed by atoms with Crippen LogP contribution in [0.1, 0.15) is 34.8 Å². The number of carbonyl (C=O) groups is 1. The SMILES string of the molecule is C=C(OC)[C@H]1C[C@@H]1C(=O)c1cc(C)c2c(c1)OC(C)C2. The molecule has 3 atom stereocenters. The predicted octanol–water partition coefficient (Wildman–Crippen LogP) is 3.30. The fraction of sp³-hybridized carbons (Fsp3) is 0.471. The lowest BCUT2D eigenvalue weighted by Crippen LogP contribution is -2.06. The molecule has 1 fully saturated rings. The van der Waals surface area contributed by atoms with E-state index in [1.165, 1.54) is 5.56 Å². The Labute approximate surface area is 119 Å². The molecule has 2 aliphatic rings. The van der Waals surface area contributed by atoms with Gasteiger partial charge in [-0.2, -0.15) is 0 Å². The molecule has 0 saturated heterocycles. The Morgan fingerprint density at radius 1 is 1.40 bits per heavy atom. The summed E-state index contributed by atoms with van der Waals surface area (Å²) < 4.78 is 10.9. The molecule has 1 saturated carbocycles. The number of Topliss-reactive ketones (excluding diaryl/α,β-unsaturated/α-hetero) is 1. The number of rotatable bonds is 4. The molecule has 3 rings (SSSR count). The maximum atomic E-state index is 12.5. The van der Waals surface area contributed by atoms with E-state index in [1.807, 2.05) is 12.1 Å². The van der Waals surface area contributed by atoms with E-state index in [1.54, 1.807) is 7.11 Å². The van der Waals surface area contributed by atoms with Crippen LogP contribution >= 0.6 is 0 Å². The van der Waals surface area contributed by atoms with Crippen LogP contribution in [0.15, 0.2) is 24.5 Å². The van der Waals surface area contributed by atoms with E-state index < -0.39 is 0 Å². The van der Waals surface area contributed by atoms with Crippen molar-refractivity contribution in [3.8, 4) is 5.75 Å². The molecule has 1 aromatic carbocycles. The van der Waals surface area contributed by atoms with Gasteiger partial charge >= 0.3 is 0 Å². The number of hydrogen-bond acceptors (Lipinski definition) is 3. The summed E-state index contributed by atoms with van der Waals surface area (Å²) in [4.78, 5) is 12.5. The summed E-state index contributed by atoms with van der Waals surface area (Å²) in [5.74, 6) is 1.98. The monoisotopic (exact) mass is 272 g/mol. The van der Waals surface area contributed by atoms with E-state index in [9.17, 15) is 4.79 Å². The number of hydrogen-bond donors (Lipinski definition) is 0. The van der Waals surface area contributed by atoms with E-state index >= 15 is 0 Å². The van der Waals surface area contributed by atoms with Gasteiger partial charge in [0.05, 0.1) is 12.9 Å². The second-order valence-corrected chi connectivity index (χ2v) is 5.89.